The van der Waals surface area contributed by atoms with Crippen molar-refractivity contribution in [1.29, 1.82) is 0 Å². The maximum absolute atomic E-state index is 5.72. The van der Waals surface area contributed by atoms with E-state index in [4.69, 9.17) is 11.5 Å². The van der Waals surface area contributed by atoms with E-state index in [9.17, 15) is 0 Å². The van der Waals surface area contributed by atoms with Gasteiger partial charge in [0.1, 0.15) is 0 Å². The molecule has 9 heavy (non-hydrogen) atoms. The summed E-state index contributed by atoms with van der Waals surface area (Å²) in [6.07, 6.45) is 4.39. The lowest BCUT2D eigenvalue weighted by molar-refractivity contribution is 0.252. The van der Waals surface area contributed by atoms with Crippen LogP contribution in [-0.2, 0) is 0 Å². The van der Waals surface area contributed by atoms with E-state index >= 15 is 0 Å². The van der Waals surface area contributed by atoms with Crippen molar-refractivity contribution < 1.29 is 0 Å². The Labute approximate surface area is 56.6 Å². The molecule has 1 fully saturated rings. The molecule has 0 heterocycles. The Bertz CT molecular complexity index is 89.1. The molecule has 0 atom stereocenters. The molecular weight excluding hydrogens is 112 g/mol. The lowest BCUT2D eigenvalue weighted by Crippen LogP contribution is -2.51. The van der Waals surface area contributed by atoms with Crippen molar-refractivity contribution in [3.63, 3.8) is 0 Å². The number of hydrogen-bond acceptors (Lipinski definition) is 2. The van der Waals surface area contributed by atoms with Crippen LogP contribution in [0.5, 0.6) is 0 Å². The summed E-state index contributed by atoms with van der Waals surface area (Å²) in [6.45, 7) is 2.26. The van der Waals surface area contributed by atoms with Gasteiger partial charge in [-0.1, -0.05) is 6.92 Å². The molecule has 1 aliphatic rings. The van der Waals surface area contributed by atoms with Gasteiger partial charge in [0.15, 0.2) is 0 Å². The van der Waals surface area contributed by atoms with Crippen molar-refractivity contribution >= 4 is 0 Å². The first kappa shape index (κ1) is 7.03. The van der Waals surface area contributed by atoms with Gasteiger partial charge in [-0.15, -0.1) is 0 Å². The second kappa shape index (κ2) is 2.27. The quantitative estimate of drug-likeness (QED) is 0.474. The van der Waals surface area contributed by atoms with E-state index in [2.05, 4.69) is 6.92 Å². The SMILES string of the molecule is CC1CCC(N)(N)CC1. The highest BCUT2D eigenvalue weighted by Gasteiger charge is 2.25. The fraction of sp³-hybridized carbons (Fsp3) is 1.00. The van der Waals surface area contributed by atoms with Crippen LogP contribution >= 0.6 is 0 Å². The predicted molar refractivity (Wildman–Crippen MR) is 38.7 cm³/mol. The van der Waals surface area contributed by atoms with E-state index < -0.39 is 0 Å². The van der Waals surface area contributed by atoms with Gasteiger partial charge in [0.25, 0.3) is 0 Å². The molecule has 1 saturated carbocycles. The van der Waals surface area contributed by atoms with Gasteiger partial charge in [0.2, 0.25) is 0 Å². The van der Waals surface area contributed by atoms with Gasteiger partial charge in [-0.25, -0.2) is 0 Å². The third-order valence-corrected chi connectivity index (χ3v) is 2.21. The van der Waals surface area contributed by atoms with Crippen LogP contribution in [0.3, 0.4) is 0 Å². The van der Waals surface area contributed by atoms with Gasteiger partial charge in [0.05, 0.1) is 5.66 Å². The molecule has 2 heteroatoms. The predicted octanol–water partition coefficient (Wildman–Crippen LogP) is 0.810. The lowest BCUT2D eigenvalue weighted by atomic mass is 9.84. The van der Waals surface area contributed by atoms with Crippen LogP contribution in [0, 0.1) is 5.92 Å². The molecular formula is C7H16N2. The molecule has 0 aromatic heterocycles. The molecule has 0 aliphatic heterocycles. The first-order valence-electron chi connectivity index (χ1n) is 3.68. The molecule has 4 N–H and O–H groups in total. The number of hydrogen-bond donors (Lipinski definition) is 2. The van der Waals surface area contributed by atoms with Crippen molar-refractivity contribution in [2.45, 2.75) is 38.3 Å². The minimum Gasteiger partial charge on any atom is -0.313 e. The largest absolute Gasteiger partial charge is 0.313 e. The van der Waals surface area contributed by atoms with Crippen molar-refractivity contribution in [3.05, 3.63) is 0 Å². The van der Waals surface area contributed by atoms with Gasteiger partial charge < -0.3 is 11.5 Å². The lowest BCUT2D eigenvalue weighted by Gasteiger charge is -2.32. The van der Waals surface area contributed by atoms with E-state index in [-0.39, 0.29) is 5.66 Å². The van der Waals surface area contributed by atoms with Gasteiger partial charge in [-0.05, 0) is 31.6 Å². The summed E-state index contributed by atoms with van der Waals surface area (Å²) in [4.78, 5) is 0. The van der Waals surface area contributed by atoms with E-state index in [0.29, 0.717) is 0 Å². The molecule has 0 saturated heterocycles. The summed E-state index contributed by atoms with van der Waals surface area (Å²) < 4.78 is 0. The fourth-order valence-electron chi connectivity index (χ4n) is 1.30. The first-order chi connectivity index (χ1) is 4.10. The third kappa shape index (κ3) is 1.95. The van der Waals surface area contributed by atoms with Crippen molar-refractivity contribution in [2.24, 2.45) is 17.4 Å². The molecule has 0 radical (unpaired) electrons. The van der Waals surface area contributed by atoms with Crippen LogP contribution in [-0.4, -0.2) is 5.66 Å². The molecule has 2 nitrogen and oxygen atoms in total. The minimum absolute atomic E-state index is 0.341. The second-order valence-corrected chi connectivity index (χ2v) is 3.42. The highest BCUT2D eigenvalue weighted by molar-refractivity contribution is 4.82. The normalized spacial score (nSPS) is 28.3. The molecule has 0 unspecified atom stereocenters. The molecule has 54 valence electrons. The van der Waals surface area contributed by atoms with Crippen LogP contribution < -0.4 is 11.5 Å². The maximum atomic E-state index is 5.72. The first-order valence-corrected chi connectivity index (χ1v) is 3.68. The Kier molecular flexibility index (Phi) is 1.78. The van der Waals surface area contributed by atoms with Crippen LogP contribution in [0.1, 0.15) is 32.6 Å². The van der Waals surface area contributed by atoms with Crippen molar-refractivity contribution in [1.82, 2.24) is 0 Å². The van der Waals surface area contributed by atoms with Gasteiger partial charge >= 0.3 is 0 Å². The Hall–Kier alpha value is -0.0800. The highest BCUT2D eigenvalue weighted by Crippen LogP contribution is 2.25. The zero-order valence-electron chi connectivity index (χ0n) is 6.06. The van der Waals surface area contributed by atoms with E-state index in [0.717, 1.165) is 18.8 Å². The highest BCUT2D eigenvalue weighted by atomic mass is 14.9. The molecule has 0 aromatic rings. The van der Waals surface area contributed by atoms with Crippen LogP contribution in [0.4, 0.5) is 0 Å². The third-order valence-electron chi connectivity index (χ3n) is 2.21. The topological polar surface area (TPSA) is 52.0 Å². The van der Waals surface area contributed by atoms with E-state index in [1.54, 1.807) is 0 Å². The van der Waals surface area contributed by atoms with E-state index in [1.165, 1.54) is 12.8 Å². The molecule has 0 bridgehead atoms. The van der Waals surface area contributed by atoms with Crippen molar-refractivity contribution in [2.75, 3.05) is 0 Å². The zero-order valence-corrected chi connectivity index (χ0v) is 6.06. The Morgan fingerprint density at radius 3 is 2.00 bits per heavy atom. The monoisotopic (exact) mass is 128 g/mol. The average Bonchev–Trinajstić information content (AvgIpc) is 1.78. The maximum Gasteiger partial charge on any atom is 0.0636 e. The van der Waals surface area contributed by atoms with Gasteiger partial charge in [-0.3, -0.25) is 0 Å². The number of nitrogens with two attached hydrogens (primary N) is 2. The molecule has 0 aromatic carbocycles. The Morgan fingerprint density at radius 1 is 1.22 bits per heavy atom. The average molecular weight is 128 g/mol. The summed E-state index contributed by atoms with van der Waals surface area (Å²) in [7, 11) is 0. The summed E-state index contributed by atoms with van der Waals surface area (Å²) >= 11 is 0. The minimum atomic E-state index is -0.341. The van der Waals surface area contributed by atoms with Gasteiger partial charge in [0, 0.05) is 0 Å². The summed E-state index contributed by atoms with van der Waals surface area (Å²) in [5.41, 5.74) is 11.1. The summed E-state index contributed by atoms with van der Waals surface area (Å²) in [5, 5.41) is 0. The van der Waals surface area contributed by atoms with Crippen LogP contribution in [0.2, 0.25) is 0 Å². The summed E-state index contributed by atoms with van der Waals surface area (Å²) in [6, 6.07) is 0. The van der Waals surface area contributed by atoms with Crippen molar-refractivity contribution in [3.8, 4) is 0 Å². The molecule has 1 aliphatic carbocycles. The Morgan fingerprint density at radius 2 is 1.67 bits per heavy atom. The zero-order chi connectivity index (χ0) is 6.91. The fourth-order valence-corrected chi connectivity index (χ4v) is 1.30. The van der Waals surface area contributed by atoms with Gasteiger partial charge in [-0.2, -0.15) is 0 Å². The molecule has 0 spiro atoms. The van der Waals surface area contributed by atoms with Crippen LogP contribution in [0.15, 0.2) is 0 Å². The number of rotatable bonds is 0. The molecule has 1 rings (SSSR count). The standard InChI is InChI=1S/C7H16N2/c1-6-2-4-7(8,9)5-3-6/h6H,2-5,8-9H2,1H3. The van der Waals surface area contributed by atoms with E-state index in [1.807, 2.05) is 0 Å². The van der Waals surface area contributed by atoms with Crippen LogP contribution in [0.25, 0.3) is 0 Å². The second-order valence-electron chi connectivity index (χ2n) is 3.42. The smallest absolute Gasteiger partial charge is 0.0636 e. The Balaban J connectivity index is 2.35. The molecule has 0 amide bonds. The summed E-state index contributed by atoms with van der Waals surface area (Å²) in [5.74, 6) is 0.838.